The zero-order valence-corrected chi connectivity index (χ0v) is 12.4. The van der Waals surface area contributed by atoms with Crippen LogP contribution >= 0.6 is 11.3 Å². The highest BCUT2D eigenvalue weighted by Gasteiger charge is 2.22. The van der Waals surface area contributed by atoms with Crippen molar-refractivity contribution < 1.29 is 9.21 Å². The van der Waals surface area contributed by atoms with Crippen LogP contribution in [0.15, 0.2) is 34.3 Å². The third-order valence-electron chi connectivity index (χ3n) is 3.72. The van der Waals surface area contributed by atoms with Gasteiger partial charge < -0.3 is 14.2 Å². The van der Waals surface area contributed by atoms with Crippen molar-refractivity contribution in [3.05, 3.63) is 34.7 Å². The Bertz CT molecular complexity index is 568. The van der Waals surface area contributed by atoms with E-state index in [1.54, 1.807) is 6.26 Å². The summed E-state index contributed by atoms with van der Waals surface area (Å²) in [6.07, 6.45) is 1.65. The molecular formula is C15H18N2O2S. The van der Waals surface area contributed by atoms with E-state index in [4.69, 9.17) is 4.42 Å². The molecule has 0 radical (unpaired) electrons. The number of rotatable bonds is 3. The molecule has 4 nitrogen and oxygen atoms in total. The smallest absolute Gasteiger partial charge is 0.264 e. The first-order valence-electron chi connectivity index (χ1n) is 6.92. The summed E-state index contributed by atoms with van der Waals surface area (Å²) in [5.74, 6) is 0.958. The molecule has 106 valence electrons. The van der Waals surface area contributed by atoms with E-state index in [1.807, 2.05) is 28.5 Å². The van der Waals surface area contributed by atoms with Gasteiger partial charge in [0.15, 0.2) is 0 Å². The van der Waals surface area contributed by atoms with Gasteiger partial charge in [0.25, 0.3) is 5.91 Å². The number of carbonyl (C=O) groups excluding carboxylic acids is 1. The topological polar surface area (TPSA) is 36.7 Å². The van der Waals surface area contributed by atoms with Crippen molar-refractivity contribution in [2.24, 2.45) is 0 Å². The van der Waals surface area contributed by atoms with Gasteiger partial charge in [-0.3, -0.25) is 4.79 Å². The predicted octanol–water partition coefficient (Wildman–Crippen LogP) is 2.79. The molecule has 0 N–H and O–H groups in total. The van der Waals surface area contributed by atoms with Gasteiger partial charge in [-0.25, -0.2) is 0 Å². The molecule has 0 unspecified atom stereocenters. The lowest BCUT2D eigenvalue weighted by molar-refractivity contribution is 0.0648. The van der Waals surface area contributed by atoms with E-state index in [-0.39, 0.29) is 5.91 Å². The van der Waals surface area contributed by atoms with Gasteiger partial charge in [0.2, 0.25) is 0 Å². The maximum atomic E-state index is 12.5. The number of thiophene rings is 1. The molecule has 20 heavy (non-hydrogen) atoms. The number of carbonyl (C=O) groups is 1. The summed E-state index contributed by atoms with van der Waals surface area (Å²) < 4.78 is 5.36. The van der Waals surface area contributed by atoms with Crippen LogP contribution in [0.25, 0.3) is 11.3 Å². The summed E-state index contributed by atoms with van der Waals surface area (Å²) in [6.45, 7) is 6.80. The minimum absolute atomic E-state index is 0.142. The van der Waals surface area contributed by atoms with Crippen LogP contribution in [0.1, 0.15) is 16.6 Å². The fourth-order valence-corrected chi connectivity index (χ4v) is 3.31. The first-order valence-corrected chi connectivity index (χ1v) is 7.80. The molecule has 2 aromatic rings. The lowest BCUT2D eigenvalue weighted by atomic mass is 10.2. The monoisotopic (exact) mass is 290 g/mol. The number of nitrogens with zero attached hydrogens (tertiary/aromatic N) is 2. The molecule has 3 rings (SSSR count). The summed E-state index contributed by atoms with van der Waals surface area (Å²) in [5, 5.41) is 1.98. The Morgan fingerprint density at radius 2 is 2.15 bits per heavy atom. The molecule has 0 aromatic carbocycles. The number of likely N-dealkylation sites (N-methyl/N-ethyl adjacent to an activating group) is 1. The number of hydrogen-bond donors (Lipinski definition) is 0. The number of amides is 1. The van der Waals surface area contributed by atoms with Crippen molar-refractivity contribution in [1.82, 2.24) is 9.80 Å². The standard InChI is InChI=1S/C15H18N2O2S/c1-2-16-5-7-17(8-6-16)15(18)14-10-12(11-20-14)13-4-3-9-19-13/h3-4,9-11H,2,5-8H2,1H3. The molecule has 5 heteroatoms. The Kier molecular flexibility index (Phi) is 3.89. The quantitative estimate of drug-likeness (QED) is 0.872. The zero-order chi connectivity index (χ0) is 13.9. The van der Waals surface area contributed by atoms with Crippen LogP contribution in [-0.2, 0) is 0 Å². The fraction of sp³-hybridized carbons (Fsp3) is 0.400. The molecule has 0 spiro atoms. The molecule has 0 saturated carbocycles. The van der Waals surface area contributed by atoms with Crippen molar-refractivity contribution in [1.29, 1.82) is 0 Å². The summed E-state index contributed by atoms with van der Waals surface area (Å²) in [6, 6.07) is 5.70. The van der Waals surface area contributed by atoms with Crippen molar-refractivity contribution in [3.8, 4) is 11.3 Å². The lowest BCUT2D eigenvalue weighted by Crippen LogP contribution is -2.48. The van der Waals surface area contributed by atoms with Crippen LogP contribution in [0.5, 0.6) is 0 Å². The SMILES string of the molecule is CCN1CCN(C(=O)c2cc(-c3ccco3)cs2)CC1. The third kappa shape index (κ3) is 2.64. The van der Waals surface area contributed by atoms with Crippen molar-refractivity contribution in [2.75, 3.05) is 32.7 Å². The second-order valence-corrected chi connectivity index (χ2v) is 5.81. The lowest BCUT2D eigenvalue weighted by Gasteiger charge is -2.33. The van der Waals surface area contributed by atoms with E-state index in [1.165, 1.54) is 11.3 Å². The second-order valence-electron chi connectivity index (χ2n) is 4.90. The van der Waals surface area contributed by atoms with E-state index >= 15 is 0 Å². The van der Waals surface area contributed by atoms with Gasteiger partial charge >= 0.3 is 0 Å². The van der Waals surface area contributed by atoms with E-state index < -0.39 is 0 Å². The minimum atomic E-state index is 0.142. The van der Waals surface area contributed by atoms with E-state index in [2.05, 4.69) is 11.8 Å². The largest absolute Gasteiger partial charge is 0.464 e. The molecule has 0 atom stereocenters. The highest BCUT2D eigenvalue weighted by atomic mass is 32.1. The first-order chi connectivity index (χ1) is 9.78. The Morgan fingerprint density at radius 3 is 2.80 bits per heavy atom. The van der Waals surface area contributed by atoms with Gasteiger partial charge in [0.05, 0.1) is 11.1 Å². The van der Waals surface area contributed by atoms with Crippen LogP contribution in [-0.4, -0.2) is 48.4 Å². The van der Waals surface area contributed by atoms with Crippen molar-refractivity contribution in [2.45, 2.75) is 6.92 Å². The molecule has 1 saturated heterocycles. The summed E-state index contributed by atoms with van der Waals surface area (Å²) in [5.41, 5.74) is 0.982. The van der Waals surface area contributed by atoms with Gasteiger partial charge in [0.1, 0.15) is 5.76 Å². The van der Waals surface area contributed by atoms with Crippen LogP contribution in [0.2, 0.25) is 0 Å². The normalized spacial score (nSPS) is 16.6. The third-order valence-corrected chi connectivity index (χ3v) is 4.64. The number of piperazine rings is 1. The van der Waals surface area contributed by atoms with Gasteiger partial charge in [-0.2, -0.15) is 0 Å². The van der Waals surface area contributed by atoms with E-state index in [9.17, 15) is 4.79 Å². The van der Waals surface area contributed by atoms with Crippen LogP contribution in [0, 0.1) is 0 Å². The maximum Gasteiger partial charge on any atom is 0.264 e. The Balaban J connectivity index is 1.69. The fourth-order valence-electron chi connectivity index (χ4n) is 2.44. The molecule has 1 amide bonds. The Labute approximate surface area is 122 Å². The zero-order valence-electron chi connectivity index (χ0n) is 11.5. The van der Waals surface area contributed by atoms with Crippen molar-refractivity contribution >= 4 is 17.2 Å². The Hall–Kier alpha value is -1.59. The minimum Gasteiger partial charge on any atom is -0.464 e. The molecule has 0 bridgehead atoms. The first kappa shape index (κ1) is 13.4. The average Bonchev–Trinajstić information content (AvgIpc) is 3.17. The second kappa shape index (κ2) is 5.81. The maximum absolute atomic E-state index is 12.5. The molecular weight excluding hydrogens is 272 g/mol. The molecule has 3 heterocycles. The predicted molar refractivity (Wildman–Crippen MR) is 80.0 cm³/mol. The van der Waals surface area contributed by atoms with Gasteiger partial charge in [-0.15, -0.1) is 11.3 Å². The van der Waals surface area contributed by atoms with Gasteiger partial charge in [-0.05, 0) is 24.7 Å². The molecule has 1 fully saturated rings. The highest BCUT2D eigenvalue weighted by molar-refractivity contribution is 7.12. The molecule has 2 aromatic heterocycles. The van der Waals surface area contributed by atoms with Crippen LogP contribution in [0.4, 0.5) is 0 Å². The average molecular weight is 290 g/mol. The van der Waals surface area contributed by atoms with Gasteiger partial charge in [0, 0.05) is 37.1 Å². The summed E-state index contributed by atoms with van der Waals surface area (Å²) >= 11 is 1.49. The highest BCUT2D eigenvalue weighted by Crippen LogP contribution is 2.27. The van der Waals surface area contributed by atoms with Crippen LogP contribution < -0.4 is 0 Å². The Morgan fingerprint density at radius 1 is 1.35 bits per heavy atom. The number of furan rings is 1. The molecule has 1 aliphatic heterocycles. The summed E-state index contributed by atoms with van der Waals surface area (Å²) in [7, 11) is 0. The van der Waals surface area contributed by atoms with E-state index in [0.717, 1.165) is 48.9 Å². The van der Waals surface area contributed by atoms with E-state index in [0.29, 0.717) is 0 Å². The summed E-state index contributed by atoms with van der Waals surface area (Å²) in [4.78, 5) is 17.6. The van der Waals surface area contributed by atoms with Crippen molar-refractivity contribution in [3.63, 3.8) is 0 Å². The molecule has 1 aliphatic rings. The molecule has 0 aliphatic carbocycles. The van der Waals surface area contributed by atoms with Crippen LogP contribution in [0.3, 0.4) is 0 Å². The number of hydrogen-bond acceptors (Lipinski definition) is 4. The van der Waals surface area contributed by atoms with Gasteiger partial charge in [-0.1, -0.05) is 6.92 Å².